The fraction of sp³-hybridized carbons (Fsp3) is 0.143. The molecule has 0 unspecified atom stereocenters. The molecule has 3 N–H and O–H groups in total. The van der Waals surface area contributed by atoms with Crippen molar-refractivity contribution in [3.63, 3.8) is 0 Å². The molecule has 0 amide bonds. The molecule has 2 heterocycles. The van der Waals surface area contributed by atoms with Crippen molar-refractivity contribution in [3.05, 3.63) is 41.0 Å². The highest BCUT2D eigenvalue weighted by molar-refractivity contribution is 7.14. The van der Waals surface area contributed by atoms with E-state index in [1.165, 1.54) is 11.3 Å². The summed E-state index contributed by atoms with van der Waals surface area (Å²) in [4.78, 5) is 16.6. The van der Waals surface area contributed by atoms with Gasteiger partial charge in [0.2, 0.25) is 17.2 Å². The summed E-state index contributed by atoms with van der Waals surface area (Å²) in [6.07, 6.45) is 0. The molecule has 0 aliphatic heterocycles. The Morgan fingerprint density at radius 3 is 2.61 bits per heavy atom. The van der Waals surface area contributed by atoms with Gasteiger partial charge in [0, 0.05) is 17.5 Å². The van der Waals surface area contributed by atoms with Crippen LogP contribution in [0.5, 0.6) is 0 Å². The van der Waals surface area contributed by atoms with Crippen molar-refractivity contribution in [1.82, 2.24) is 19.9 Å². The highest BCUT2D eigenvalue weighted by Gasteiger charge is 2.08. The van der Waals surface area contributed by atoms with Gasteiger partial charge in [-0.15, -0.1) is 11.3 Å². The number of hydrogen-bond acceptors (Lipinski definition) is 8. The molecule has 0 saturated carbocycles. The Morgan fingerprint density at radius 2 is 1.83 bits per heavy atom. The van der Waals surface area contributed by atoms with Crippen LogP contribution in [0.25, 0.3) is 11.3 Å². The third-order valence-electron chi connectivity index (χ3n) is 2.80. The molecule has 1 aromatic carbocycles. The highest BCUT2D eigenvalue weighted by atomic mass is 35.5. The Balaban J connectivity index is 1.77. The maximum atomic E-state index is 8.82. The minimum atomic E-state index is -0.0288. The van der Waals surface area contributed by atoms with Crippen LogP contribution in [0.1, 0.15) is 0 Å². The molecule has 7 nitrogen and oxygen atoms in total. The molecule has 9 heteroatoms. The molecule has 3 aromatic rings. The molecular formula is C14H13ClN6OS. The molecule has 0 bridgehead atoms. The van der Waals surface area contributed by atoms with Crippen LogP contribution < -0.4 is 10.6 Å². The normalized spacial score (nSPS) is 10.5. The summed E-state index contributed by atoms with van der Waals surface area (Å²) >= 11 is 7.32. The van der Waals surface area contributed by atoms with E-state index in [0.717, 1.165) is 11.3 Å². The van der Waals surface area contributed by atoms with Crippen LogP contribution in [-0.4, -0.2) is 38.2 Å². The van der Waals surface area contributed by atoms with Crippen LogP contribution in [0.2, 0.25) is 5.28 Å². The van der Waals surface area contributed by atoms with Crippen molar-refractivity contribution in [2.75, 3.05) is 23.8 Å². The van der Waals surface area contributed by atoms with Gasteiger partial charge in [-0.1, -0.05) is 30.3 Å². The summed E-state index contributed by atoms with van der Waals surface area (Å²) in [5.41, 5.74) is 1.91. The molecular weight excluding hydrogens is 336 g/mol. The van der Waals surface area contributed by atoms with Crippen molar-refractivity contribution >= 4 is 40.0 Å². The number of nitrogens with one attached hydrogen (secondary N) is 2. The highest BCUT2D eigenvalue weighted by Crippen LogP contribution is 2.26. The van der Waals surface area contributed by atoms with Gasteiger partial charge in [-0.25, -0.2) is 4.98 Å². The smallest absolute Gasteiger partial charge is 0.235 e. The van der Waals surface area contributed by atoms with Gasteiger partial charge < -0.3 is 10.4 Å². The molecule has 0 fully saturated rings. The predicted octanol–water partition coefficient (Wildman–Crippen LogP) is 2.80. The van der Waals surface area contributed by atoms with Gasteiger partial charge in [0.05, 0.1) is 12.3 Å². The quantitative estimate of drug-likeness (QED) is 0.630. The second kappa shape index (κ2) is 7.32. The Bertz CT molecular complexity index is 782. The number of aliphatic hydroxyl groups is 1. The summed E-state index contributed by atoms with van der Waals surface area (Å²) < 4.78 is 0. The van der Waals surface area contributed by atoms with Crippen molar-refractivity contribution < 1.29 is 5.11 Å². The zero-order chi connectivity index (χ0) is 16.1. The van der Waals surface area contributed by atoms with E-state index in [1.54, 1.807) is 0 Å². The van der Waals surface area contributed by atoms with E-state index in [1.807, 2.05) is 35.7 Å². The largest absolute Gasteiger partial charge is 0.395 e. The summed E-state index contributed by atoms with van der Waals surface area (Å²) in [6, 6.07) is 9.88. The van der Waals surface area contributed by atoms with E-state index < -0.39 is 0 Å². The minimum Gasteiger partial charge on any atom is -0.395 e. The Labute approximate surface area is 141 Å². The molecule has 23 heavy (non-hydrogen) atoms. The number of thiazole rings is 1. The molecule has 0 spiro atoms. The lowest BCUT2D eigenvalue weighted by Gasteiger charge is -2.05. The molecule has 0 aliphatic rings. The average molecular weight is 349 g/mol. The molecule has 0 radical (unpaired) electrons. The standard InChI is InChI=1S/C14H13ClN6OS/c15-11-18-12(16-6-7-22)20-13(19-11)21-14-17-10(8-23-14)9-4-2-1-3-5-9/h1-5,8,22H,6-7H2,(H2,16,17,18,19,20,21). The molecule has 0 saturated heterocycles. The van der Waals surface area contributed by atoms with Gasteiger partial charge in [0.25, 0.3) is 0 Å². The lowest BCUT2D eigenvalue weighted by Crippen LogP contribution is -2.10. The lowest BCUT2D eigenvalue weighted by molar-refractivity contribution is 0.311. The van der Waals surface area contributed by atoms with Crippen LogP contribution in [0.4, 0.5) is 17.0 Å². The predicted molar refractivity (Wildman–Crippen MR) is 91.2 cm³/mol. The Morgan fingerprint density at radius 1 is 1.04 bits per heavy atom. The fourth-order valence-corrected chi connectivity index (χ4v) is 2.69. The van der Waals surface area contributed by atoms with Crippen molar-refractivity contribution in [2.45, 2.75) is 0 Å². The first-order chi connectivity index (χ1) is 11.2. The topological polar surface area (TPSA) is 95.8 Å². The van der Waals surface area contributed by atoms with E-state index in [9.17, 15) is 0 Å². The van der Waals surface area contributed by atoms with Gasteiger partial charge in [0.1, 0.15) is 0 Å². The Hall–Kier alpha value is -2.29. The van der Waals surface area contributed by atoms with E-state index >= 15 is 0 Å². The number of rotatable bonds is 6. The number of aliphatic hydroxyl groups excluding tert-OH is 1. The van der Waals surface area contributed by atoms with Crippen LogP contribution in [-0.2, 0) is 0 Å². The first-order valence-corrected chi connectivity index (χ1v) is 8.04. The monoisotopic (exact) mass is 348 g/mol. The summed E-state index contributed by atoms with van der Waals surface area (Å²) in [7, 11) is 0. The van der Waals surface area contributed by atoms with Crippen molar-refractivity contribution in [2.24, 2.45) is 0 Å². The van der Waals surface area contributed by atoms with Crippen LogP contribution in [0.3, 0.4) is 0 Å². The lowest BCUT2D eigenvalue weighted by atomic mass is 10.2. The number of hydrogen-bond donors (Lipinski definition) is 3. The van der Waals surface area contributed by atoms with Crippen molar-refractivity contribution in [3.8, 4) is 11.3 Å². The molecule has 118 valence electrons. The number of aromatic nitrogens is 4. The van der Waals surface area contributed by atoms with Gasteiger partial charge in [-0.05, 0) is 11.6 Å². The molecule has 0 atom stereocenters. The number of nitrogens with zero attached hydrogens (tertiary/aromatic N) is 4. The summed E-state index contributed by atoms with van der Waals surface area (Å²) in [5, 5.41) is 17.3. The second-order valence-electron chi connectivity index (χ2n) is 4.43. The van der Waals surface area contributed by atoms with Crippen molar-refractivity contribution in [1.29, 1.82) is 0 Å². The van der Waals surface area contributed by atoms with Crippen LogP contribution in [0, 0.1) is 0 Å². The zero-order valence-electron chi connectivity index (χ0n) is 11.9. The number of benzene rings is 1. The minimum absolute atomic E-state index is 0.0288. The van der Waals surface area contributed by atoms with E-state index in [4.69, 9.17) is 16.7 Å². The fourth-order valence-electron chi connectivity index (χ4n) is 1.82. The van der Waals surface area contributed by atoms with E-state index in [2.05, 4.69) is 30.6 Å². The third-order valence-corrected chi connectivity index (χ3v) is 3.72. The average Bonchev–Trinajstić information content (AvgIpc) is 3.02. The maximum Gasteiger partial charge on any atom is 0.235 e. The first kappa shape index (κ1) is 15.6. The Kier molecular flexibility index (Phi) is 4.96. The molecule has 0 aliphatic carbocycles. The summed E-state index contributed by atoms with van der Waals surface area (Å²) in [6.45, 7) is 0.300. The second-order valence-corrected chi connectivity index (χ2v) is 5.63. The summed E-state index contributed by atoms with van der Waals surface area (Å²) in [5.74, 6) is 0.584. The SMILES string of the molecule is OCCNc1nc(Cl)nc(Nc2nc(-c3ccccc3)cs2)n1. The maximum absolute atomic E-state index is 8.82. The first-order valence-electron chi connectivity index (χ1n) is 6.79. The van der Waals surface area contributed by atoms with Gasteiger partial charge in [0.15, 0.2) is 5.13 Å². The van der Waals surface area contributed by atoms with E-state index in [0.29, 0.717) is 23.6 Å². The molecule has 2 aromatic heterocycles. The number of halogens is 1. The van der Waals surface area contributed by atoms with Crippen LogP contribution >= 0.6 is 22.9 Å². The van der Waals surface area contributed by atoms with Gasteiger partial charge >= 0.3 is 0 Å². The van der Waals surface area contributed by atoms with E-state index in [-0.39, 0.29) is 11.9 Å². The number of anilines is 3. The van der Waals surface area contributed by atoms with Gasteiger partial charge in [-0.3, -0.25) is 5.32 Å². The zero-order valence-corrected chi connectivity index (χ0v) is 13.5. The van der Waals surface area contributed by atoms with Gasteiger partial charge in [-0.2, -0.15) is 15.0 Å². The van der Waals surface area contributed by atoms with Crippen LogP contribution in [0.15, 0.2) is 35.7 Å². The molecule has 3 rings (SSSR count). The third kappa shape index (κ3) is 4.13.